The van der Waals surface area contributed by atoms with Gasteiger partial charge in [0.25, 0.3) is 5.91 Å². The van der Waals surface area contributed by atoms with Gasteiger partial charge in [-0.2, -0.15) is 5.10 Å². The van der Waals surface area contributed by atoms with Crippen molar-refractivity contribution in [1.29, 1.82) is 0 Å². The summed E-state index contributed by atoms with van der Waals surface area (Å²) in [4.78, 5) is 12.6. The van der Waals surface area contributed by atoms with Crippen LogP contribution in [-0.2, 0) is 19.6 Å². The largest absolute Gasteiger partial charge is 0.486 e. The molecule has 0 atom stereocenters. The monoisotopic (exact) mass is 415 g/mol. The van der Waals surface area contributed by atoms with Crippen LogP contribution in [-0.4, -0.2) is 15.7 Å². The quantitative estimate of drug-likeness (QED) is 0.428. The molecule has 6 heteroatoms. The number of benzene rings is 2. The molecule has 0 aliphatic rings. The fourth-order valence-corrected chi connectivity index (χ4v) is 3.22. The van der Waals surface area contributed by atoms with Gasteiger partial charge in [-0.05, 0) is 48.7 Å². The topological polar surface area (TPSA) is 69.3 Å². The number of hydrogen-bond donors (Lipinski definition) is 1. The molecule has 1 N–H and O–H groups in total. The van der Waals surface area contributed by atoms with Crippen molar-refractivity contribution >= 4 is 11.7 Å². The van der Waals surface area contributed by atoms with E-state index in [-0.39, 0.29) is 18.3 Å². The van der Waals surface area contributed by atoms with Crippen LogP contribution in [0.1, 0.15) is 40.1 Å². The summed E-state index contributed by atoms with van der Waals surface area (Å²) in [5.74, 6) is 1.70. The summed E-state index contributed by atoms with van der Waals surface area (Å²) in [6, 6.07) is 23.2. The normalized spacial score (nSPS) is 10.8. The highest BCUT2D eigenvalue weighted by molar-refractivity contribution is 6.01. The van der Waals surface area contributed by atoms with E-state index in [9.17, 15) is 4.79 Å². The van der Waals surface area contributed by atoms with Gasteiger partial charge in [-0.1, -0.05) is 49.4 Å². The Hall–Kier alpha value is -3.80. The average molecular weight is 415 g/mol. The summed E-state index contributed by atoms with van der Waals surface area (Å²) in [7, 11) is 0. The number of carbonyl (C=O) groups excluding carboxylic acids is 1. The minimum absolute atomic E-state index is 0.218. The second kappa shape index (κ2) is 9.34. The molecule has 0 unspecified atom stereocenters. The highest BCUT2D eigenvalue weighted by Crippen LogP contribution is 2.17. The van der Waals surface area contributed by atoms with E-state index in [1.54, 1.807) is 12.1 Å². The molecular formula is C25H25N3O3. The highest BCUT2D eigenvalue weighted by atomic mass is 16.5. The first kappa shape index (κ1) is 20.5. The Labute approximate surface area is 181 Å². The number of ether oxygens (including phenoxy) is 1. The van der Waals surface area contributed by atoms with Crippen molar-refractivity contribution in [1.82, 2.24) is 9.78 Å². The van der Waals surface area contributed by atoms with Crippen molar-refractivity contribution in [3.8, 4) is 5.75 Å². The van der Waals surface area contributed by atoms with Crippen molar-refractivity contribution < 1.29 is 13.9 Å². The van der Waals surface area contributed by atoms with E-state index < -0.39 is 0 Å². The van der Waals surface area contributed by atoms with E-state index in [0.29, 0.717) is 18.1 Å². The summed E-state index contributed by atoms with van der Waals surface area (Å²) in [5.41, 5.74) is 3.36. The molecule has 0 bridgehead atoms. The zero-order valence-corrected chi connectivity index (χ0v) is 17.7. The van der Waals surface area contributed by atoms with Gasteiger partial charge in [0.2, 0.25) is 0 Å². The first-order chi connectivity index (χ1) is 15.1. The van der Waals surface area contributed by atoms with Crippen LogP contribution in [0, 0.1) is 6.92 Å². The number of anilines is 1. The Balaban J connectivity index is 1.35. The third kappa shape index (κ3) is 5.22. The number of nitrogens with zero attached hydrogens (tertiary/aromatic N) is 2. The van der Waals surface area contributed by atoms with Gasteiger partial charge in [-0.15, -0.1) is 0 Å². The van der Waals surface area contributed by atoms with Crippen LogP contribution in [0.15, 0.2) is 77.2 Å². The molecule has 0 aliphatic carbocycles. The molecule has 2 heterocycles. The van der Waals surface area contributed by atoms with Crippen LogP contribution in [0.2, 0.25) is 0 Å². The van der Waals surface area contributed by atoms with Gasteiger partial charge in [-0.3, -0.25) is 9.48 Å². The van der Waals surface area contributed by atoms with Crippen molar-refractivity contribution in [3.63, 3.8) is 0 Å². The van der Waals surface area contributed by atoms with Crippen molar-refractivity contribution in [2.24, 2.45) is 0 Å². The molecule has 4 rings (SSSR count). The number of carbonyl (C=O) groups is 1. The van der Waals surface area contributed by atoms with E-state index in [4.69, 9.17) is 9.15 Å². The van der Waals surface area contributed by atoms with Crippen LogP contribution in [0.25, 0.3) is 0 Å². The number of furan rings is 1. The molecular weight excluding hydrogens is 390 g/mol. The molecule has 0 aliphatic heterocycles. The van der Waals surface area contributed by atoms with Crippen LogP contribution >= 0.6 is 0 Å². The molecule has 158 valence electrons. The molecule has 1 amide bonds. The van der Waals surface area contributed by atoms with Gasteiger partial charge >= 0.3 is 0 Å². The van der Waals surface area contributed by atoms with E-state index in [2.05, 4.69) is 17.3 Å². The second-order valence-corrected chi connectivity index (χ2v) is 7.32. The summed E-state index contributed by atoms with van der Waals surface area (Å²) in [5, 5.41) is 7.29. The Bertz CT molecular complexity index is 1140. The standard InChI is InChI=1S/C25H25N3O3/c1-3-19-9-11-21(12-10-19)30-17-22-13-14-23(31-22)25(29)26-24-15-18(2)28(27-24)16-20-7-5-4-6-8-20/h4-15H,3,16-17H2,1-2H3,(H,26,27,29). The Morgan fingerprint density at radius 1 is 1.03 bits per heavy atom. The first-order valence-corrected chi connectivity index (χ1v) is 10.3. The van der Waals surface area contributed by atoms with Crippen molar-refractivity contribution in [3.05, 3.63) is 101 Å². The molecule has 0 fully saturated rings. The molecule has 31 heavy (non-hydrogen) atoms. The van der Waals surface area contributed by atoms with Gasteiger partial charge < -0.3 is 14.5 Å². The molecule has 2 aromatic heterocycles. The third-order valence-electron chi connectivity index (χ3n) is 5.00. The molecule has 0 spiro atoms. The summed E-state index contributed by atoms with van der Waals surface area (Å²) in [6.07, 6.45) is 0.987. The Morgan fingerprint density at radius 2 is 1.81 bits per heavy atom. The number of aryl methyl sites for hydroxylation is 2. The maximum absolute atomic E-state index is 12.6. The number of nitrogens with one attached hydrogen (secondary N) is 1. The Morgan fingerprint density at radius 3 is 2.55 bits per heavy atom. The van der Waals surface area contributed by atoms with Gasteiger partial charge in [0.15, 0.2) is 11.6 Å². The van der Waals surface area contributed by atoms with Gasteiger partial charge in [0.1, 0.15) is 18.1 Å². The van der Waals surface area contributed by atoms with Crippen molar-refractivity contribution in [2.75, 3.05) is 5.32 Å². The fourth-order valence-electron chi connectivity index (χ4n) is 3.22. The minimum atomic E-state index is -0.345. The lowest BCUT2D eigenvalue weighted by molar-refractivity contribution is 0.0992. The summed E-state index contributed by atoms with van der Waals surface area (Å²) >= 11 is 0. The zero-order chi connectivity index (χ0) is 21.6. The number of amides is 1. The second-order valence-electron chi connectivity index (χ2n) is 7.32. The Kier molecular flexibility index (Phi) is 6.17. The zero-order valence-electron chi connectivity index (χ0n) is 17.7. The maximum atomic E-state index is 12.6. The predicted octanol–water partition coefficient (Wildman–Crippen LogP) is 5.23. The lowest BCUT2D eigenvalue weighted by Gasteiger charge is -2.05. The van der Waals surface area contributed by atoms with E-state index in [1.807, 2.05) is 72.3 Å². The number of hydrogen-bond acceptors (Lipinski definition) is 4. The molecule has 0 radical (unpaired) electrons. The van der Waals surface area contributed by atoms with Gasteiger partial charge in [0.05, 0.1) is 6.54 Å². The number of rotatable bonds is 8. The minimum Gasteiger partial charge on any atom is -0.486 e. The summed E-state index contributed by atoms with van der Waals surface area (Å²) < 4.78 is 13.2. The third-order valence-corrected chi connectivity index (χ3v) is 5.00. The molecule has 0 saturated carbocycles. The van der Waals surface area contributed by atoms with Gasteiger partial charge in [0, 0.05) is 11.8 Å². The van der Waals surface area contributed by atoms with Crippen LogP contribution in [0.5, 0.6) is 5.75 Å². The van der Waals surface area contributed by atoms with Crippen molar-refractivity contribution in [2.45, 2.75) is 33.4 Å². The van der Waals surface area contributed by atoms with Crippen LogP contribution < -0.4 is 10.1 Å². The van der Waals surface area contributed by atoms with Crippen LogP contribution in [0.3, 0.4) is 0 Å². The van der Waals surface area contributed by atoms with E-state index in [1.165, 1.54) is 5.56 Å². The predicted molar refractivity (Wildman–Crippen MR) is 119 cm³/mol. The highest BCUT2D eigenvalue weighted by Gasteiger charge is 2.14. The average Bonchev–Trinajstić information content (AvgIpc) is 3.40. The summed E-state index contributed by atoms with van der Waals surface area (Å²) in [6.45, 7) is 4.97. The fraction of sp³-hybridized carbons (Fsp3) is 0.200. The molecule has 2 aromatic carbocycles. The molecule has 6 nitrogen and oxygen atoms in total. The SMILES string of the molecule is CCc1ccc(OCc2ccc(C(=O)Nc3cc(C)n(Cc4ccccc4)n3)o2)cc1. The van der Waals surface area contributed by atoms with E-state index in [0.717, 1.165) is 23.4 Å². The smallest absolute Gasteiger partial charge is 0.292 e. The maximum Gasteiger partial charge on any atom is 0.292 e. The van der Waals surface area contributed by atoms with Crippen LogP contribution in [0.4, 0.5) is 5.82 Å². The lowest BCUT2D eigenvalue weighted by atomic mass is 10.2. The van der Waals surface area contributed by atoms with Gasteiger partial charge in [-0.25, -0.2) is 0 Å². The lowest BCUT2D eigenvalue weighted by Crippen LogP contribution is -2.12. The number of aromatic nitrogens is 2. The molecule has 4 aromatic rings. The molecule has 0 saturated heterocycles. The van der Waals surface area contributed by atoms with E-state index >= 15 is 0 Å². The first-order valence-electron chi connectivity index (χ1n) is 10.3.